The van der Waals surface area contributed by atoms with Gasteiger partial charge in [-0.2, -0.15) is 0 Å². The number of nitrogens with one attached hydrogen (secondary N) is 1. The number of rotatable bonds is 4. The highest BCUT2D eigenvalue weighted by Crippen LogP contribution is 2.30. The molecule has 0 spiro atoms. The summed E-state index contributed by atoms with van der Waals surface area (Å²) in [4.78, 5) is 26.1. The molecule has 0 radical (unpaired) electrons. The van der Waals surface area contributed by atoms with Crippen LogP contribution in [0, 0.1) is 17.0 Å². The van der Waals surface area contributed by atoms with Gasteiger partial charge in [0, 0.05) is 17.1 Å². The molecule has 0 bridgehead atoms. The average Bonchev–Trinajstić information content (AvgIpc) is 2.78. The maximum atomic E-state index is 11.9. The first-order chi connectivity index (χ1) is 9.86. The number of aryl methyl sites for hydroxylation is 1. The van der Waals surface area contributed by atoms with Crippen molar-refractivity contribution in [2.24, 2.45) is 0 Å². The van der Waals surface area contributed by atoms with Crippen LogP contribution in [0.25, 0.3) is 0 Å². The molecule has 1 amide bonds. The fraction of sp³-hybridized carbons (Fsp3) is 0.167. The number of carbonyl (C=O) groups excluding carboxylic acids is 1. The van der Waals surface area contributed by atoms with E-state index in [4.69, 9.17) is 17.3 Å². The van der Waals surface area contributed by atoms with E-state index < -0.39 is 4.92 Å². The van der Waals surface area contributed by atoms with Gasteiger partial charge in [-0.15, -0.1) is 11.3 Å². The molecule has 1 aromatic carbocycles. The third-order valence-corrected chi connectivity index (χ3v) is 3.70. The van der Waals surface area contributed by atoms with Crippen molar-refractivity contribution < 1.29 is 9.72 Å². The molecule has 0 aliphatic heterocycles. The molecule has 1 aromatic heterocycles. The SMILES string of the molecule is Cc1cc([N+](=O)[O-])c(Cl)cc1NC(=O)Cc1csc(N)n1. The smallest absolute Gasteiger partial charge is 0.288 e. The molecule has 9 heteroatoms. The first kappa shape index (κ1) is 15.2. The Bertz CT molecular complexity index is 717. The number of amides is 1. The largest absolute Gasteiger partial charge is 0.375 e. The van der Waals surface area contributed by atoms with Gasteiger partial charge in [-0.3, -0.25) is 14.9 Å². The molecular weight excluding hydrogens is 316 g/mol. The van der Waals surface area contributed by atoms with Crippen LogP contribution in [-0.2, 0) is 11.2 Å². The Kier molecular flexibility index (Phi) is 4.39. The highest BCUT2D eigenvalue weighted by Gasteiger charge is 2.16. The van der Waals surface area contributed by atoms with Gasteiger partial charge in [-0.1, -0.05) is 11.6 Å². The van der Waals surface area contributed by atoms with E-state index >= 15 is 0 Å². The molecule has 2 aromatic rings. The van der Waals surface area contributed by atoms with E-state index in [1.165, 1.54) is 23.5 Å². The summed E-state index contributed by atoms with van der Waals surface area (Å²) in [6, 6.07) is 2.68. The summed E-state index contributed by atoms with van der Waals surface area (Å²) in [5.41, 5.74) is 6.85. The molecule has 0 saturated heterocycles. The second kappa shape index (κ2) is 6.06. The first-order valence-corrected chi connectivity index (χ1v) is 7.07. The van der Waals surface area contributed by atoms with Crippen LogP contribution in [0.5, 0.6) is 0 Å². The molecule has 0 aliphatic rings. The number of nitrogens with zero attached hydrogens (tertiary/aromatic N) is 2. The lowest BCUT2D eigenvalue weighted by atomic mass is 10.1. The summed E-state index contributed by atoms with van der Waals surface area (Å²) >= 11 is 7.08. The monoisotopic (exact) mass is 326 g/mol. The van der Waals surface area contributed by atoms with Gasteiger partial charge in [0.25, 0.3) is 5.69 Å². The maximum absolute atomic E-state index is 11.9. The number of aromatic nitrogens is 1. The van der Waals surface area contributed by atoms with Crippen LogP contribution in [0.3, 0.4) is 0 Å². The highest BCUT2D eigenvalue weighted by molar-refractivity contribution is 7.13. The zero-order valence-corrected chi connectivity index (χ0v) is 12.5. The maximum Gasteiger partial charge on any atom is 0.288 e. The van der Waals surface area contributed by atoms with E-state index in [2.05, 4.69) is 10.3 Å². The van der Waals surface area contributed by atoms with Crippen LogP contribution in [0.1, 0.15) is 11.3 Å². The quantitative estimate of drug-likeness (QED) is 0.662. The van der Waals surface area contributed by atoms with Crippen molar-refractivity contribution in [2.75, 3.05) is 11.1 Å². The number of hydrogen-bond donors (Lipinski definition) is 2. The molecule has 2 rings (SSSR count). The minimum atomic E-state index is -0.570. The third-order valence-electron chi connectivity index (χ3n) is 2.68. The van der Waals surface area contributed by atoms with Crippen LogP contribution < -0.4 is 11.1 Å². The third kappa shape index (κ3) is 3.67. The van der Waals surface area contributed by atoms with Gasteiger partial charge in [0.05, 0.1) is 17.0 Å². The molecule has 3 N–H and O–H groups in total. The number of hydrogen-bond acceptors (Lipinski definition) is 6. The highest BCUT2D eigenvalue weighted by atomic mass is 35.5. The van der Waals surface area contributed by atoms with E-state index in [9.17, 15) is 14.9 Å². The van der Waals surface area contributed by atoms with Crippen molar-refractivity contribution in [2.45, 2.75) is 13.3 Å². The van der Waals surface area contributed by atoms with Crippen LogP contribution in [0.15, 0.2) is 17.5 Å². The Morgan fingerprint density at radius 3 is 2.86 bits per heavy atom. The first-order valence-electron chi connectivity index (χ1n) is 5.81. The van der Waals surface area contributed by atoms with Crippen molar-refractivity contribution in [3.05, 3.63) is 43.9 Å². The number of halogens is 1. The second-order valence-electron chi connectivity index (χ2n) is 4.28. The standard InChI is InChI=1S/C12H11ClN4O3S/c1-6-2-10(17(19)20)8(13)4-9(6)16-11(18)3-7-5-21-12(14)15-7/h2,4-5H,3H2,1H3,(H2,14,15)(H,16,18). The molecular formula is C12H11ClN4O3S. The van der Waals surface area contributed by atoms with Crippen LogP contribution >= 0.6 is 22.9 Å². The summed E-state index contributed by atoms with van der Waals surface area (Å²) in [6.45, 7) is 1.65. The molecule has 0 fully saturated rings. The van der Waals surface area contributed by atoms with Crippen molar-refractivity contribution in [3.63, 3.8) is 0 Å². The molecule has 110 valence electrons. The minimum Gasteiger partial charge on any atom is -0.375 e. The summed E-state index contributed by atoms with van der Waals surface area (Å²) < 4.78 is 0. The van der Waals surface area contributed by atoms with E-state index in [-0.39, 0.29) is 23.0 Å². The van der Waals surface area contributed by atoms with Crippen LogP contribution in [-0.4, -0.2) is 15.8 Å². The van der Waals surface area contributed by atoms with Gasteiger partial charge < -0.3 is 11.1 Å². The number of nitrogen functional groups attached to an aromatic ring is 1. The average molecular weight is 327 g/mol. The number of nitro groups is 1. The van der Waals surface area contributed by atoms with Crippen LogP contribution in [0.4, 0.5) is 16.5 Å². The Morgan fingerprint density at radius 2 is 2.29 bits per heavy atom. The summed E-state index contributed by atoms with van der Waals surface area (Å²) in [7, 11) is 0. The fourth-order valence-electron chi connectivity index (χ4n) is 1.70. The fourth-order valence-corrected chi connectivity index (χ4v) is 2.50. The Balaban J connectivity index is 2.14. The zero-order valence-electron chi connectivity index (χ0n) is 10.9. The number of nitrogens with two attached hydrogens (primary N) is 1. The molecule has 0 saturated carbocycles. The number of nitro benzene ring substituents is 1. The normalized spacial score (nSPS) is 10.4. The van der Waals surface area contributed by atoms with Crippen molar-refractivity contribution in [1.29, 1.82) is 0 Å². The Hall–Kier alpha value is -2.19. The number of anilines is 2. The lowest BCUT2D eigenvalue weighted by Crippen LogP contribution is -2.15. The van der Waals surface area contributed by atoms with E-state index in [1.807, 2.05) is 0 Å². The predicted octanol–water partition coefficient (Wildman–Crippen LogP) is 2.78. The molecule has 0 atom stereocenters. The number of thiazole rings is 1. The van der Waals surface area contributed by atoms with E-state index in [0.717, 1.165) is 0 Å². The van der Waals surface area contributed by atoms with Gasteiger partial charge in [0.15, 0.2) is 5.13 Å². The van der Waals surface area contributed by atoms with Crippen LogP contribution in [0.2, 0.25) is 5.02 Å². The van der Waals surface area contributed by atoms with Gasteiger partial charge in [-0.05, 0) is 18.6 Å². The second-order valence-corrected chi connectivity index (χ2v) is 5.57. The molecule has 21 heavy (non-hydrogen) atoms. The number of carbonyl (C=O) groups is 1. The molecule has 0 aliphatic carbocycles. The minimum absolute atomic E-state index is 0.0289. The summed E-state index contributed by atoms with van der Waals surface area (Å²) in [5, 5.41) is 15.5. The van der Waals surface area contributed by atoms with Crippen molar-refractivity contribution in [1.82, 2.24) is 4.98 Å². The lowest BCUT2D eigenvalue weighted by Gasteiger charge is -2.08. The van der Waals surface area contributed by atoms with Gasteiger partial charge in [-0.25, -0.2) is 4.98 Å². The van der Waals surface area contributed by atoms with Gasteiger partial charge in [0.1, 0.15) is 5.02 Å². The van der Waals surface area contributed by atoms with Gasteiger partial charge in [0.2, 0.25) is 5.91 Å². The topological polar surface area (TPSA) is 111 Å². The van der Waals surface area contributed by atoms with Gasteiger partial charge >= 0.3 is 0 Å². The predicted molar refractivity (Wildman–Crippen MR) is 81.7 cm³/mol. The van der Waals surface area contributed by atoms with Crippen molar-refractivity contribution >= 4 is 45.4 Å². The summed E-state index contributed by atoms with van der Waals surface area (Å²) in [5.74, 6) is -0.298. The zero-order chi connectivity index (χ0) is 15.6. The van der Waals surface area contributed by atoms with E-state index in [1.54, 1.807) is 12.3 Å². The Morgan fingerprint density at radius 1 is 1.57 bits per heavy atom. The molecule has 1 heterocycles. The lowest BCUT2D eigenvalue weighted by molar-refractivity contribution is -0.384. The number of benzene rings is 1. The molecule has 0 unspecified atom stereocenters. The Labute approximate surface area is 128 Å². The molecule has 7 nitrogen and oxygen atoms in total. The van der Waals surface area contributed by atoms with E-state index in [0.29, 0.717) is 22.1 Å². The van der Waals surface area contributed by atoms with Crippen molar-refractivity contribution in [3.8, 4) is 0 Å². The summed E-state index contributed by atoms with van der Waals surface area (Å²) in [6.07, 6.45) is 0.0712.